The van der Waals surface area contributed by atoms with Gasteiger partial charge in [-0.05, 0) is 79.1 Å². The van der Waals surface area contributed by atoms with E-state index in [-0.39, 0.29) is 17.4 Å². The first-order valence-electron chi connectivity index (χ1n) is 13.3. The number of hydrogen-bond donors (Lipinski definition) is 2. The van der Waals surface area contributed by atoms with E-state index in [0.717, 1.165) is 27.7 Å². The number of nitrogens with one attached hydrogen (secondary N) is 1. The van der Waals surface area contributed by atoms with Gasteiger partial charge < -0.3 is 19.7 Å². The number of aryl methyl sites for hydroxylation is 1. The highest BCUT2D eigenvalue weighted by molar-refractivity contribution is 5.99. The Morgan fingerprint density at radius 1 is 1.00 bits per heavy atom. The van der Waals surface area contributed by atoms with E-state index in [9.17, 15) is 9.59 Å². The van der Waals surface area contributed by atoms with Crippen LogP contribution in [0.2, 0.25) is 0 Å². The zero-order chi connectivity index (χ0) is 28.5. The molecule has 0 bridgehead atoms. The molecule has 0 fully saturated rings. The summed E-state index contributed by atoms with van der Waals surface area (Å²) in [6.45, 7) is 12.2. The van der Waals surface area contributed by atoms with Gasteiger partial charge in [0, 0.05) is 29.2 Å². The van der Waals surface area contributed by atoms with Gasteiger partial charge in [-0.15, -0.1) is 0 Å². The number of ether oxygens (including phenoxy) is 1. The lowest BCUT2D eigenvalue weighted by Gasteiger charge is -2.22. The summed E-state index contributed by atoms with van der Waals surface area (Å²) in [7, 11) is 2.02. The number of aromatic nitrogens is 1. The zero-order valence-corrected chi connectivity index (χ0v) is 23.8. The summed E-state index contributed by atoms with van der Waals surface area (Å²) < 4.78 is 7.58. The van der Waals surface area contributed by atoms with Crippen molar-refractivity contribution in [2.24, 2.45) is 7.05 Å². The minimum absolute atomic E-state index is 0.0433. The molecule has 1 unspecified atom stereocenters. The van der Waals surface area contributed by atoms with Crippen molar-refractivity contribution in [1.82, 2.24) is 9.88 Å². The number of hydrogen-bond acceptors (Lipinski definition) is 3. The van der Waals surface area contributed by atoms with E-state index in [1.54, 1.807) is 12.1 Å². The van der Waals surface area contributed by atoms with Crippen LogP contribution in [0.4, 0.5) is 0 Å². The fraction of sp³-hybridized carbons (Fsp3) is 0.333. The Balaban J connectivity index is 1.53. The summed E-state index contributed by atoms with van der Waals surface area (Å²) in [4.78, 5) is 24.3. The molecule has 1 aromatic heterocycles. The first-order chi connectivity index (χ1) is 18.3. The number of carboxylic acids is 1. The van der Waals surface area contributed by atoms with E-state index in [1.165, 1.54) is 18.1 Å². The molecule has 0 saturated heterocycles. The number of carboxylic acid groups (broad SMARTS) is 1. The van der Waals surface area contributed by atoms with Gasteiger partial charge in [0.15, 0.2) is 6.10 Å². The van der Waals surface area contributed by atoms with Crippen molar-refractivity contribution in [2.45, 2.75) is 65.5 Å². The number of fused-ring (bicyclic) bond motifs is 1. The third kappa shape index (κ3) is 6.17. The maximum absolute atomic E-state index is 13.2. The highest BCUT2D eigenvalue weighted by atomic mass is 16.5. The maximum Gasteiger partial charge on any atom is 0.344 e. The third-order valence-electron chi connectivity index (χ3n) is 7.45. The fourth-order valence-electron chi connectivity index (χ4n) is 4.79. The van der Waals surface area contributed by atoms with Crippen LogP contribution in [0.1, 0.15) is 79.0 Å². The number of carbonyl (C=O) groups is 2. The van der Waals surface area contributed by atoms with E-state index in [0.29, 0.717) is 17.7 Å². The van der Waals surface area contributed by atoms with E-state index in [2.05, 4.69) is 61.8 Å². The lowest BCUT2D eigenvalue weighted by Crippen LogP contribution is -2.27. The maximum atomic E-state index is 13.2. The van der Waals surface area contributed by atoms with Gasteiger partial charge in [-0.3, -0.25) is 4.79 Å². The predicted molar refractivity (Wildman–Crippen MR) is 156 cm³/mol. The van der Waals surface area contributed by atoms with Crippen molar-refractivity contribution in [3.05, 3.63) is 100 Å². The molecule has 0 aliphatic heterocycles. The smallest absolute Gasteiger partial charge is 0.344 e. The molecular formula is C33H38N2O4. The van der Waals surface area contributed by atoms with Crippen molar-refractivity contribution in [3.63, 3.8) is 0 Å². The number of rotatable bonds is 8. The lowest BCUT2D eigenvalue weighted by molar-refractivity contribution is -0.144. The standard InChI is InChI=1S/C33H38N2O4/c1-20(24-9-8-10-26(18-24)33(4,5)6)34-31(36)25-13-16-28-29(21(2)35(7)30(28)19-25)17-23-11-14-27(15-12-23)39-22(3)32(37)38/h8-16,18-20,22H,17H2,1-7H3,(H,34,36)(H,37,38)/t20-,22?/m0/s1. The van der Waals surface area contributed by atoms with E-state index >= 15 is 0 Å². The van der Waals surface area contributed by atoms with Crippen molar-refractivity contribution in [2.75, 3.05) is 0 Å². The second kappa shape index (κ2) is 11.0. The summed E-state index contributed by atoms with van der Waals surface area (Å²) >= 11 is 0. The van der Waals surface area contributed by atoms with Gasteiger partial charge in [-0.2, -0.15) is 0 Å². The van der Waals surface area contributed by atoms with E-state index < -0.39 is 12.1 Å². The van der Waals surface area contributed by atoms with Crippen molar-refractivity contribution in [3.8, 4) is 5.75 Å². The molecular weight excluding hydrogens is 488 g/mol. The second-order valence-corrected chi connectivity index (χ2v) is 11.3. The predicted octanol–water partition coefficient (Wildman–Crippen LogP) is 6.72. The topological polar surface area (TPSA) is 80.6 Å². The van der Waals surface area contributed by atoms with Crippen LogP contribution in [0, 0.1) is 6.92 Å². The summed E-state index contributed by atoms with van der Waals surface area (Å²) in [6.07, 6.45) is -0.191. The highest BCUT2D eigenvalue weighted by Crippen LogP contribution is 2.29. The molecule has 2 N–H and O–H groups in total. The molecule has 4 aromatic rings. The molecule has 1 amide bonds. The normalized spacial score (nSPS) is 13.2. The molecule has 3 aromatic carbocycles. The van der Waals surface area contributed by atoms with Gasteiger partial charge in [0.2, 0.25) is 0 Å². The second-order valence-electron chi connectivity index (χ2n) is 11.3. The number of carbonyl (C=O) groups excluding carboxylic acids is 1. The summed E-state index contributed by atoms with van der Waals surface area (Å²) in [6, 6.07) is 21.7. The first-order valence-corrected chi connectivity index (χ1v) is 13.3. The average molecular weight is 527 g/mol. The molecule has 1 heterocycles. The van der Waals surface area contributed by atoms with Crippen molar-refractivity contribution in [1.29, 1.82) is 0 Å². The molecule has 39 heavy (non-hydrogen) atoms. The Hall–Kier alpha value is -4.06. The Bertz CT molecular complexity index is 1510. The highest BCUT2D eigenvalue weighted by Gasteiger charge is 2.19. The van der Waals surface area contributed by atoms with Crippen LogP contribution in [-0.2, 0) is 23.7 Å². The summed E-state index contributed by atoms with van der Waals surface area (Å²) in [5.74, 6) is -0.571. The molecule has 2 atom stereocenters. The average Bonchev–Trinajstić information content (AvgIpc) is 3.13. The molecule has 6 nitrogen and oxygen atoms in total. The third-order valence-corrected chi connectivity index (χ3v) is 7.45. The van der Waals surface area contributed by atoms with Crippen molar-refractivity contribution >= 4 is 22.8 Å². The van der Waals surface area contributed by atoms with Gasteiger partial charge in [0.25, 0.3) is 5.91 Å². The minimum Gasteiger partial charge on any atom is -0.479 e. The van der Waals surface area contributed by atoms with Crippen LogP contribution in [0.15, 0.2) is 66.7 Å². The number of aliphatic carboxylic acids is 1. The van der Waals surface area contributed by atoms with Gasteiger partial charge in [0.05, 0.1) is 6.04 Å². The largest absolute Gasteiger partial charge is 0.479 e. The zero-order valence-electron chi connectivity index (χ0n) is 23.8. The van der Waals surface area contributed by atoms with Crippen LogP contribution in [0.5, 0.6) is 5.75 Å². The number of benzene rings is 3. The molecule has 0 saturated carbocycles. The van der Waals surface area contributed by atoms with Gasteiger partial charge >= 0.3 is 5.97 Å². The SMILES string of the molecule is Cc1c(Cc2ccc(OC(C)C(=O)O)cc2)c2ccc(C(=O)N[C@@H](C)c3cccc(C(C)(C)C)c3)cc2n1C. The van der Waals surface area contributed by atoms with Crippen LogP contribution in [0.3, 0.4) is 0 Å². The molecule has 0 spiro atoms. The van der Waals surface area contributed by atoms with Crippen LogP contribution in [0.25, 0.3) is 10.9 Å². The fourth-order valence-corrected chi connectivity index (χ4v) is 4.79. The van der Waals surface area contributed by atoms with E-state index in [4.69, 9.17) is 9.84 Å². The van der Waals surface area contributed by atoms with Crippen LogP contribution >= 0.6 is 0 Å². The first kappa shape index (κ1) is 28.0. The summed E-state index contributed by atoms with van der Waals surface area (Å²) in [5.41, 5.74) is 7.43. The quantitative estimate of drug-likeness (QED) is 0.267. The van der Waals surface area contributed by atoms with E-state index in [1.807, 2.05) is 44.3 Å². The van der Waals surface area contributed by atoms with Gasteiger partial charge in [-0.1, -0.05) is 63.2 Å². The monoisotopic (exact) mass is 526 g/mol. The molecule has 0 radical (unpaired) electrons. The number of nitrogens with zero attached hydrogens (tertiary/aromatic N) is 1. The Labute approximate surface area is 230 Å². The Morgan fingerprint density at radius 2 is 1.69 bits per heavy atom. The molecule has 0 aliphatic carbocycles. The lowest BCUT2D eigenvalue weighted by atomic mass is 9.85. The molecule has 4 rings (SSSR count). The minimum atomic E-state index is -0.997. The Kier molecular flexibility index (Phi) is 7.86. The summed E-state index contributed by atoms with van der Waals surface area (Å²) in [5, 5.41) is 13.3. The van der Waals surface area contributed by atoms with Crippen molar-refractivity contribution < 1.29 is 19.4 Å². The molecule has 0 aliphatic rings. The molecule has 204 valence electrons. The van der Waals surface area contributed by atoms with Crippen LogP contribution in [-0.4, -0.2) is 27.7 Å². The number of amides is 1. The Morgan fingerprint density at radius 3 is 2.33 bits per heavy atom. The van der Waals surface area contributed by atoms with Crippen LogP contribution < -0.4 is 10.1 Å². The van der Waals surface area contributed by atoms with Gasteiger partial charge in [0.1, 0.15) is 5.75 Å². The van der Waals surface area contributed by atoms with Gasteiger partial charge in [-0.25, -0.2) is 4.79 Å². The molecule has 6 heteroatoms.